The first-order chi connectivity index (χ1) is 8.97. The fraction of sp³-hybridized carbons (Fsp3) is 0.267. The summed E-state index contributed by atoms with van der Waals surface area (Å²) in [5, 5.41) is 1.32. The third-order valence-corrected chi connectivity index (χ3v) is 3.03. The average molecular weight is 279 g/mol. The van der Waals surface area contributed by atoms with Crippen LogP contribution in [0.15, 0.2) is 39.1 Å². The van der Waals surface area contributed by atoms with Crippen LogP contribution >= 0.6 is 11.6 Å². The fourth-order valence-corrected chi connectivity index (χ4v) is 1.95. The molecule has 0 saturated heterocycles. The van der Waals surface area contributed by atoms with Gasteiger partial charge in [0.25, 0.3) is 0 Å². The minimum atomic E-state index is -0.373. The Morgan fingerprint density at radius 2 is 2.11 bits per heavy atom. The molecule has 0 aliphatic heterocycles. The number of hydrogen-bond donors (Lipinski definition) is 0. The van der Waals surface area contributed by atoms with Gasteiger partial charge in [-0.3, -0.25) is 0 Å². The number of allylic oxidation sites excluding steroid dienone is 1. The minimum Gasteiger partial charge on any atom is -0.488 e. The lowest BCUT2D eigenvalue weighted by Crippen LogP contribution is -1.99. The van der Waals surface area contributed by atoms with E-state index in [1.54, 1.807) is 12.1 Å². The molecule has 0 aliphatic carbocycles. The number of hydrogen-bond acceptors (Lipinski definition) is 3. The molecule has 0 fully saturated rings. The Hall–Kier alpha value is -1.74. The summed E-state index contributed by atoms with van der Waals surface area (Å²) in [4.78, 5) is 11.4. The summed E-state index contributed by atoms with van der Waals surface area (Å²) in [5.41, 5.74) is 2.12. The Bertz CT molecular complexity index is 694. The monoisotopic (exact) mass is 278 g/mol. The first-order valence-corrected chi connectivity index (χ1v) is 6.35. The first-order valence-electron chi connectivity index (χ1n) is 5.97. The van der Waals surface area contributed by atoms with Gasteiger partial charge in [-0.15, -0.1) is 0 Å². The van der Waals surface area contributed by atoms with E-state index in [-0.39, 0.29) is 5.63 Å². The van der Waals surface area contributed by atoms with Crippen molar-refractivity contribution in [2.45, 2.75) is 20.8 Å². The van der Waals surface area contributed by atoms with Gasteiger partial charge in [-0.1, -0.05) is 17.2 Å². The second-order valence-corrected chi connectivity index (χ2v) is 5.03. The van der Waals surface area contributed by atoms with Crippen LogP contribution in [0.3, 0.4) is 0 Å². The van der Waals surface area contributed by atoms with Crippen molar-refractivity contribution >= 4 is 22.6 Å². The topological polar surface area (TPSA) is 39.4 Å². The van der Waals surface area contributed by atoms with Gasteiger partial charge >= 0.3 is 5.63 Å². The summed E-state index contributed by atoms with van der Waals surface area (Å²) < 4.78 is 10.7. The zero-order valence-corrected chi connectivity index (χ0v) is 11.9. The predicted octanol–water partition coefficient (Wildman–Crippen LogP) is 4.10. The molecule has 3 nitrogen and oxygen atoms in total. The smallest absolute Gasteiger partial charge is 0.336 e. The van der Waals surface area contributed by atoms with E-state index in [2.05, 4.69) is 0 Å². The molecule has 0 bridgehead atoms. The third kappa shape index (κ3) is 3.18. The Kier molecular flexibility index (Phi) is 3.96. The van der Waals surface area contributed by atoms with E-state index < -0.39 is 0 Å². The van der Waals surface area contributed by atoms with Crippen LogP contribution in [0.4, 0.5) is 0 Å². The highest BCUT2D eigenvalue weighted by molar-refractivity contribution is 6.32. The lowest BCUT2D eigenvalue weighted by Gasteiger charge is -2.08. The van der Waals surface area contributed by atoms with Crippen LogP contribution < -0.4 is 10.4 Å². The number of aryl methyl sites for hydroxylation is 1. The standard InChI is InChI=1S/C15H15ClO3/c1-9(2)4-5-18-14-8-13-11(7-12(14)16)10(3)6-15(17)19-13/h4,6-8H,5H2,1-3H3. The van der Waals surface area contributed by atoms with Gasteiger partial charge in [0.05, 0.1) is 5.02 Å². The molecular weight excluding hydrogens is 264 g/mol. The van der Waals surface area contributed by atoms with E-state index in [0.717, 1.165) is 10.9 Å². The lowest BCUT2D eigenvalue weighted by atomic mass is 10.1. The highest BCUT2D eigenvalue weighted by Gasteiger charge is 2.08. The molecule has 0 unspecified atom stereocenters. The predicted molar refractivity (Wildman–Crippen MR) is 77.2 cm³/mol. The van der Waals surface area contributed by atoms with Crippen molar-refractivity contribution in [3.05, 3.63) is 50.9 Å². The van der Waals surface area contributed by atoms with E-state index in [4.69, 9.17) is 20.8 Å². The SMILES string of the molecule is CC(C)=CCOc1cc2oc(=O)cc(C)c2cc1Cl. The summed E-state index contributed by atoms with van der Waals surface area (Å²) in [6.45, 7) is 6.27. The first kappa shape index (κ1) is 13.7. The molecule has 2 rings (SSSR count). The molecule has 1 aromatic carbocycles. The van der Waals surface area contributed by atoms with Crippen molar-refractivity contribution < 1.29 is 9.15 Å². The zero-order chi connectivity index (χ0) is 14.0. The molecule has 0 amide bonds. The highest BCUT2D eigenvalue weighted by atomic mass is 35.5. The lowest BCUT2D eigenvalue weighted by molar-refractivity contribution is 0.362. The quantitative estimate of drug-likeness (QED) is 0.627. The normalized spacial score (nSPS) is 10.5. The Morgan fingerprint density at radius 1 is 1.37 bits per heavy atom. The van der Waals surface area contributed by atoms with Crippen molar-refractivity contribution in [3.63, 3.8) is 0 Å². The molecule has 4 heteroatoms. The maximum atomic E-state index is 11.4. The van der Waals surface area contributed by atoms with Gasteiger partial charge in [0, 0.05) is 17.5 Å². The second kappa shape index (κ2) is 5.49. The summed E-state index contributed by atoms with van der Waals surface area (Å²) in [6, 6.07) is 4.86. The van der Waals surface area contributed by atoms with Gasteiger partial charge in [0.1, 0.15) is 17.9 Å². The molecule has 1 heterocycles. The zero-order valence-electron chi connectivity index (χ0n) is 11.1. The molecule has 2 aromatic rings. The van der Waals surface area contributed by atoms with Crippen LogP contribution in [-0.4, -0.2) is 6.61 Å². The summed E-state index contributed by atoms with van der Waals surface area (Å²) in [5.74, 6) is 0.514. The number of ether oxygens (including phenoxy) is 1. The van der Waals surface area contributed by atoms with Gasteiger partial charge in [0.15, 0.2) is 0 Å². The van der Waals surface area contributed by atoms with E-state index in [9.17, 15) is 4.79 Å². The average Bonchev–Trinajstić information content (AvgIpc) is 2.30. The molecule has 0 saturated carbocycles. The van der Waals surface area contributed by atoms with Gasteiger partial charge in [-0.2, -0.15) is 0 Å². The second-order valence-electron chi connectivity index (χ2n) is 4.62. The van der Waals surface area contributed by atoms with E-state index >= 15 is 0 Å². The maximum absolute atomic E-state index is 11.4. The number of halogens is 1. The number of fused-ring (bicyclic) bond motifs is 1. The van der Waals surface area contributed by atoms with Gasteiger partial charge < -0.3 is 9.15 Å². The van der Waals surface area contributed by atoms with Crippen molar-refractivity contribution in [1.82, 2.24) is 0 Å². The molecule has 0 atom stereocenters. The minimum absolute atomic E-state index is 0.373. The van der Waals surface area contributed by atoms with Crippen LogP contribution in [0.25, 0.3) is 11.0 Å². The largest absolute Gasteiger partial charge is 0.488 e. The van der Waals surface area contributed by atoms with Gasteiger partial charge in [0.2, 0.25) is 0 Å². The van der Waals surface area contributed by atoms with E-state index in [1.165, 1.54) is 11.6 Å². The molecule has 1 aromatic heterocycles. The Balaban J connectivity index is 2.43. The van der Waals surface area contributed by atoms with Crippen molar-refractivity contribution in [2.24, 2.45) is 0 Å². The molecule has 0 aliphatic rings. The van der Waals surface area contributed by atoms with Crippen LogP contribution in [0.5, 0.6) is 5.75 Å². The fourth-order valence-electron chi connectivity index (χ4n) is 1.73. The molecule has 0 N–H and O–H groups in total. The third-order valence-electron chi connectivity index (χ3n) is 2.73. The number of benzene rings is 1. The number of rotatable bonds is 3. The van der Waals surface area contributed by atoms with E-state index in [1.807, 2.05) is 26.8 Å². The molecule has 19 heavy (non-hydrogen) atoms. The molecule has 100 valence electrons. The highest BCUT2D eigenvalue weighted by Crippen LogP contribution is 2.30. The molecule has 0 spiro atoms. The van der Waals surface area contributed by atoms with Crippen LogP contribution in [0.2, 0.25) is 5.02 Å². The molecular formula is C15H15ClO3. The van der Waals surface area contributed by atoms with Gasteiger partial charge in [-0.25, -0.2) is 4.79 Å². The van der Waals surface area contributed by atoms with Crippen LogP contribution in [-0.2, 0) is 0 Å². The Morgan fingerprint density at radius 3 is 2.79 bits per heavy atom. The summed E-state index contributed by atoms with van der Waals surface area (Å²) in [7, 11) is 0. The summed E-state index contributed by atoms with van der Waals surface area (Å²) >= 11 is 6.16. The Labute approximate surface area is 116 Å². The van der Waals surface area contributed by atoms with Gasteiger partial charge in [-0.05, 0) is 38.5 Å². The van der Waals surface area contributed by atoms with E-state index in [0.29, 0.717) is 23.0 Å². The van der Waals surface area contributed by atoms with Crippen molar-refractivity contribution in [2.75, 3.05) is 6.61 Å². The van der Waals surface area contributed by atoms with Crippen molar-refractivity contribution in [3.8, 4) is 5.75 Å². The van der Waals surface area contributed by atoms with Crippen molar-refractivity contribution in [1.29, 1.82) is 0 Å². The maximum Gasteiger partial charge on any atom is 0.336 e. The van der Waals surface area contributed by atoms with Crippen LogP contribution in [0.1, 0.15) is 19.4 Å². The van der Waals surface area contributed by atoms with Crippen LogP contribution in [0, 0.1) is 6.92 Å². The molecule has 0 radical (unpaired) electrons. The summed E-state index contributed by atoms with van der Waals surface area (Å²) in [6.07, 6.45) is 1.95.